The Morgan fingerprint density at radius 2 is 1.92 bits per heavy atom. The van der Waals surface area contributed by atoms with E-state index in [1.54, 1.807) is 30.0 Å². The van der Waals surface area contributed by atoms with Crippen molar-refractivity contribution in [1.82, 2.24) is 5.32 Å². The zero-order chi connectivity index (χ0) is 18.0. The first-order valence-corrected chi connectivity index (χ1v) is 8.86. The van der Waals surface area contributed by atoms with Crippen LogP contribution >= 0.6 is 15.9 Å². The van der Waals surface area contributed by atoms with Crippen molar-refractivity contribution < 1.29 is 14.0 Å². The van der Waals surface area contributed by atoms with E-state index in [2.05, 4.69) is 21.2 Å². The van der Waals surface area contributed by atoms with E-state index >= 15 is 0 Å². The van der Waals surface area contributed by atoms with Crippen molar-refractivity contribution >= 4 is 33.4 Å². The second-order valence-electron chi connectivity index (χ2n) is 6.11. The maximum Gasteiger partial charge on any atom is 0.227 e. The smallest absolute Gasteiger partial charge is 0.227 e. The number of amides is 2. The Morgan fingerprint density at radius 1 is 1.24 bits per heavy atom. The molecule has 130 valence electrons. The van der Waals surface area contributed by atoms with Crippen LogP contribution in [0.4, 0.5) is 10.1 Å². The van der Waals surface area contributed by atoms with Crippen LogP contribution in [0.1, 0.15) is 24.9 Å². The van der Waals surface area contributed by atoms with Gasteiger partial charge >= 0.3 is 0 Å². The Hall–Kier alpha value is -2.21. The summed E-state index contributed by atoms with van der Waals surface area (Å²) in [6.45, 7) is 2.05. The Morgan fingerprint density at radius 3 is 2.64 bits per heavy atom. The van der Waals surface area contributed by atoms with Gasteiger partial charge in [-0.15, -0.1) is 0 Å². The predicted molar refractivity (Wildman–Crippen MR) is 97.6 cm³/mol. The summed E-state index contributed by atoms with van der Waals surface area (Å²) < 4.78 is 14.6. The van der Waals surface area contributed by atoms with Gasteiger partial charge in [-0.05, 0) is 41.1 Å². The number of rotatable bonds is 4. The topological polar surface area (TPSA) is 49.4 Å². The summed E-state index contributed by atoms with van der Waals surface area (Å²) in [6, 6.07) is 13.3. The lowest BCUT2D eigenvalue weighted by molar-refractivity contribution is -0.126. The minimum atomic E-state index is -0.457. The molecule has 0 aliphatic carbocycles. The van der Waals surface area contributed by atoms with E-state index < -0.39 is 12.0 Å². The van der Waals surface area contributed by atoms with Gasteiger partial charge in [0.2, 0.25) is 11.8 Å². The average molecular weight is 405 g/mol. The molecule has 1 aliphatic heterocycles. The summed E-state index contributed by atoms with van der Waals surface area (Å²) in [5.74, 6) is -1.13. The molecular weight excluding hydrogens is 387 g/mol. The van der Waals surface area contributed by atoms with E-state index in [0.29, 0.717) is 12.1 Å². The van der Waals surface area contributed by atoms with Crippen LogP contribution in [0.15, 0.2) is 53.0 Å². The molecule has 0 aromatic heterocycles. The summed E-state index contributed by atoms with van der Waals surface area (Å²) in [6.07, 6.45) is 0.150. The molecule has 0 radical (unpaired) electrons. The van der Waals surface area contributed by atoms with Crippen molar-refractivity contribution in [3.63, 3.8) is 0 Å². The van der Waals surface area contributed by atoms with E-state index in [-0.39, 0.29) is 24.1 Å². The minimum absolute atomic E-state index is 0.0920. The molecule has 0 saturated carbocycles. The Bertz CT molecular complexity index is 812. The third-order valence-corrected chi connectivity index (χ3v) is 5.04. The molecule has 1 heterocycles. The SMILES string of the molecule is C[C@@H](NC(=O)[C@H]1CC(=O)N(c2ccccc2Br)C1)c1ccccc1F. The fourth-order valence-corrected chi connectivity index (χ4v) is 3.52. The molecule has 1 N–H and O–H groups in total. The van der Waals surface area contributed by atoms with Gasteiger partial charge in [-0.2, -0.15) is 0 Å². The summed E-state index contributed by atoms with van der Waals surface area (Å²) in [5.41, 5.74) is 1.19. The zero-order valence-electron chi connectivity index (χ0n) is 13.7. The lowest BCUT2D eigenvalue weighted by Gasteiger charge is -2.20. The quantitative estimate of drug-likeness (QED) is 0.841. The van der Waals surface area contributed by atoms with Crippen molar-refractivity contribution in [3.8, 4) is 0 Å². The fourth-order valence-electron chi connectivity index (χ4n) is 3.02. The maximum absolute atomic E-state index is 13.8. The van der Waals surface area contributed by atoms with Crippen LogP contribution in [0, 0.1) is 11.7 Å². The number of para-hydroxylation sites is 1. The van der Waals surface area contributed by atoms with Crippen molar-refractivity contribution in [2.45, 2.75) is 19.4 Å². The van der Waals surface area contributed by atoms with Gasteiger partial charge in [-0.1, -0.05) is 30.3 Å². The monoisotopic (exact) mass is 404 g/mol. The standard InChI is InChI=1S/C19H18BrFN2O2/c1-12(14-6-2-4-8-16(14)21)22-19(25)13-10-18(24)23(11-13)17-9-5-3-7-15(17)20/h2-9,12-13H,10-11H2,1H3,(H,22,25)/t12-,13+/m1/s1. The molecule has 2 aromatic carbocycles. The fraction of sp³-hybridized carbons (Fsp3) is 0.263. The van der Waals surface area contributed by atoms with E-state index in [1.165, 1.54) is 6.07 Å². The lowest BCUT2D eigenvalue weighted by atomic mass is 10.0. The van der Waals surface area contributed by atoms with Gasteiger partial charge < -0.3 is 10.2 Å². The summed E-state index contributed by atoms with van der Waals surface area (Å²) in [7, 11) is 0. The van der Waals surface area contributed by atoms with Crippen molar-refractivity contribution in [2.75, 3.05) is 11.4 Å². The average Bonchev–Trinajstić information content (AvgIpc) is 2.97. The molecule has 3 rings (SSSR count). The van der Waals surface area contributed by atoms with E-state index in [4.69, 9.17) is 0 Å². The predicted octanol–water partition coefficient (Wildman–Crippen LogP) is 3.82. The second-order valence-corrected chi connectivity index (χ2v) is 6.96. The van der Waals surface area contributed by atoms with E-state index in [9.17, 15) is 14.0 Å². The number of hydrogen-bond acceptors (Lipinski definition) is 2. The van der Waals surface area contributed by atoms with Gasteiger partial charge in [-0.3, -0.25) is 9.59 Å². The van der Waals surface area contributed by atoms with Gasteiger partial charge in [0.25, 0.3) is 0 Å². The first kappa shape index (κ1) is 17.6. The number of carbonyl (C=O) groups is 2. The third kappa shape index (κ3) is 3.74. The normalized spacial score (nSPS) is 18.3. The number of anilines is 1. The molecule has 2 aromatic rings. The summed E-state index contributed by atoms with van der Waals surface area (Å²) in [5, 5.41) is 2.82. The van der Waals surface area contributed by atoms with Gasteiger partial charge in [0, 0.05) is 23.0 Å². The second kappa shape index (κ2) is 7.35. The maximum atomic E-state index is 13.8. The van der Waals surface area contributed by atoms with Crippen molar-refractivity contribution in [1.29, 1.82) is 0 Å². The van der Waals surface area contributed by atoms with Crippen LogP contribution in [0.3, 0.4) is 0 Å². The summed E-state index contributed by atoms with van der Waals surface area (Å²) >= 11 is 3.43. The van der Waals surface area contributed by atoms with Crippen molar-refractivity contribution in [3.05, 3.63) is 64.4 Å². The molecule has 0 unspecified atom stereocenters. The molecular formula is C19H18BrFN2O2. The molecule has 25 heavy (non-hydrogen) atoms. The van der Waals surface area contributed by atoms with E-state index in [0.717, 1.165) is 10.2 Å². The third-order valence-electron chi connectivity index (χ3n) is 4.37. The number of benzene rings is 2. The molecule has 4 nitrogen and oxygen atoms in total. The molecule has 6 heteroatoms. The molecule has 1 saturated heterocycles. The summed E-state index contributed by atoms with van der Waals surface area (Å²) in [4.78, 5) is 26.5. The number of carbonyl (C=O) groups excluding carboxylic acids is 2. The number of hydrogen-bond donors (Lipinski definition) is 1. The lowest BCUT2D eigenvalue weighted by Crippen LogP contribution is -2.34. The van der Waals surface area contributed by atoms with Crippen molar-refractivity contribution in [2.24, 2.45) is 5.92 Å². The number of halogens is 2. The highest BCUT2D eigenvalue weighted by atomic mass is 79.9. The molecule has 2 atom stereocenters. The van der Waals surface area contributed by atoms with Gasteiger partial charge in [0.15, 0.2) is 0 Å². The first-order chi connectivity index (χ1) is 12.0. The highest BCUT2D eigenvalue weighted by molar-refractivity contribution is 9.10. The molecule has 0 spiro atoms. The largest absolute Gasteiger partial charge is 0.349 e. The van der Waals surface area contributed by atoms with E-state index in [1.807, 2.05) is 24.3 Å². The van der Waals surface area contributed by atoms with Gasteiger partial charge in [-0.25, -0.2) is 4.39 Å². The zero-order valence-corrected chi connectivity index (χ0v) is 15.3. The number of nitrogens with one attached hydrogen (secondary N) is 1. The number of nitrogens with zero attached hydrogens (tertiary/aromatic N) is 1. The van der Waals surface area contributed by atoms with Crippen LogP contribution in [0.25, 0.3) is 0 Å². The van der Waals surface area contributed by atoms with Crippen LogP contribution in [0.5, 0.6) is 0 Å². The van der Waals surface area contributed by atoms with Crippen LogP contribution in [-0.4, -0.2) is 18.4 Å². The van der Waals surface area contributed by atoms with Crippen LogP contribution < -0.4 is 10.2 Å². The minimum Gasteiger partial charge on any atom is -0.349 e. The first-order valence-electron chi connectivity index (χ1n) is 8.07. The van der Waals surface area contributed by atoms with Gasteiger partial charge in [0.05, 0.1) is 17.6 Å². The molecule has 1 aliphatic rings. The molecule has 0 bridgehead atoms. The van der Waals surface area contributed by atoms with Crippen LogP contribution in [0.2, 0.25) is 0 Å². The van der Waals surface area contributed by atoms with Crippen LogP contribution in [-0.2, 0) is 9.59 Å². The van der Waals surface area contributed by atoms with Gasteiger partial charge in [0.1, 0.15) is 5.82 Å². The Balaban J connectivity index is 1.69. The highest BCUT2D eigenvalue weighted by Gasteiger charge is 2.36. The highest BCUT2D eigenvalue weighted by Crippen LogP contribution is 2.31. The molecule has 1 fully saturated rings. The Kier molecular flexibility index (Phi) is 5.18. The molecule has 2 amide bonds. The Labute approximate surface area is 154 Å².